The van der Waals surface area contributed by atoms with E-state index in [9.17, 15) is 14.7 Å². The Balaban J connectivity index is 2.68. The first-order valence-electron chi connectivity index (χ1n) is 6.99. The number of hydrogen-bond donors (Lipinski definition) is 2. The summed E-state index contributed by atoms with van der Waals surface area (Å²) in [7, 11) is 0. The third kappa shape index (κ3) is 2.86. The smallest absolute Gasteiger partial charge is 0.336 e. The molecule has 0 spiro atoms. The normalized spacial score (nSPS) is 11.2. The van der Waals surface area contributed by atoms with E-state index in [-0.39, 0.29) is 28.0 Å². The lowest BCUT2D eigenvalue weighted by molar-refractivity contribution is 0.0693. The highest BCUT2D eigenvalue weighted by molar-refractivity contribution is 6.17. The summed E-state index contributed by atoms with van der Waals surface area (Å²) in [4.78, 5) is 24.3. The minimum Gasteiger partial charge on any atom is -0.478 e. The number of carboxylic acid groups (broad SMARTS) is 1. The number of nitrogen functional groups attached to an aromatic ring is 1. The van der Waals surface area contributed by atoms with Crippen LogP contribution in [-0.2, 0) is 5.41 Å². The Morgan fingerprint density at radius 2 is 1.55 bits per heavy atom. The van der Waals surface area contributed by atoms with Gasteiger partial charge in [0, 0.05) is 11.3 Å². The van der Waals surface area contributed by atoms with Crippen LogP contribution in [0.1, 0.15) is 52.6 Å². The predicted molar refractivity (Wildman–Crippen MR) is 86.4 cm³/mol. The molecular weight excluding hydrogens is 278 g/mol. The Labute approximate surface area is 129 Å². The maximum atomic E-state index is 12.9. The van der Waals surface area contributed by atoms with Gasteiger partial charge in [-0.1, -0.05) is 51.1 Å². The first-order chi connectivity index (χ1) is 10.2. The van der Waals surface area contributed by atoms with Gasteiger partial charge in [0.25, 0.3) is 0 Å². The maximum absolute atomic E-state index is 12.9. The molecule has 114 valence electrons. The average molecular weight is 297 g/mol. The molecule has 0 aliphatic carbocycles. The minimum absolute atomic E-state index is 0.0479. The third-order valence-corrected chi connectivity index (χ3v) is 3.53. The lowest BCUT2D eigenvalue weighted by Gasteiger charge is -2.22. The fraction of sp³-hybridized carbons (Fsp3) is 0.222. The number of ketones is 1. The van der Waals surface area contributed by atoms with Crippen LogP contribution in [-0.4, -0.2) is 16.9 Å². The molecule has 0 heterocycles. The standard InChI is InChI=1S/C18H19NO3/c1-18(2,3)13-9-5-4-7-11(13)16(20)15-12(17(21)22)8-6-10-14(15)19/h4-10H,19H2,1-3H3,(H,21,22). The van der Waals surface area contributed by atoms with Gasteiger partial charge in [0.2, 0.25) is 0 Å². The molecule has 0 aliphatic rings. The van der Waals surface area contributed by atoms with Crippen molar-refractivity contribution in [1.82, 2.24) is 0 Å². The molecule has 3 N–H and O–H groups in total. The molecule has 0 bridgehead atoms. The molecule has 0 saturated heterocycles. The van der Waals surface area contributed by atoms with Crippen LogP contribution in [0.4, 0.5) is 5.69 Å². The molecule has 2 aromatic rings. The Hall–Kier alpha value is -2.62. The zero-order valence-corrected chi connectivity index (χ0v) is 12.9. The van der Waals surface area contributed by atoms with E-state index < -0.39 is 5.97 Å². The van der Waals surface area contributed by atoms with Crippen molar-refractivity contribution in [3.63, 3.8) is 0 Å². The van der Waals surface area contributed by atoms with E-state index in [1.54, 1.807) is 18.2 Å². The second kappa shape index (κ2) is 5.64. The van der Waals surface area contributed by atoms with Crippen molar-refractivity contribution in [1.29, 1.82) is 0 Å². The molecular formula is C18H19NO3. The van der Waals surface area contributed by atoms with Crippen LogP contribution < -0.4 is 5.73 Å². The average Bonchev–Trinajstić information content (AvgIpc) is 2.45. The molecule has 0 saturated carbocycles. The topological polar surface area (TPSA) is 80.4 Å². The van der Waals surface area contributed by atoms with Crippen molar-refractivity contribution < 1.29 is 14.7 Å². The number of aromatic carboxylic acids is 1. The van der Waals surface area contributed by atoms with Gasteiger partial charge < -0.3 is 10.8 Å². The Bertz CT molecular complexity index is 742. The Morgan fingerprint density at radius 1 is 0.955 bits per heavy atom. The van der Waals surface area contributed by atoms with Crippen LogP contribution in [0.15, 0.2) is 42.5 Å². The van der Waals surface area contributed by atoms with Crippen molar-refractivity contribution in [2.45, 2.75) is 26.2 Å². The number of anilines is 1. The molecule has 0 aliphatic heterocycles. The van der Waals surface area contributed by atoms with E-state index in [1.807, 2.05) is 32.9 Å². The summed E-state index contributed by atoms with van der Waals surface area (Å²) < 4.78 is 0. The highest BCUT2D eigenvalue weighted by atomic mass is 16.4. The number of benzene rings is 2. The van der Waals surface area contributed by atoms with Crippen molar-refractivity contribution >= 4 is 17.4 Å². The van der Waals surface area contributed by atoms with Crippen LogP contribution in [0.5, 0.6) is 0 Å². The SMILES string of the molecule is CC(C)(C)c1ccccc1C(=O)c1c(N)cccc1C(=O)O. The van der Waals surface area contributed by atoms with E-state index >= 15 is 0 Å². The number of rotatable bonds is 3. The number of hydrogen-bond acceptors (Lipinski definition) is 3. The number of carbonyl (C=O) groups is 2. The molecule has 0 aromatic heterocycles. The Morgan fingerprint density at radius 3 is 2.14 bits per heavy atom. The highest BCUT2D eigenvalue weighted by Crippen LogP contribution is 2.29. The van der Waals surface area contributed by atoms with Crippen LogP contribution in [0, 0.1) is 0 Å². The maximum Gasteiger partial charge on any atom is 0.336 e. The van der Waals surface area contributed by atoms with Gasteiger partial charge in [-0.15, -0.1) is 0 Å². The number of carbonyl (C=O) groups excluding carboxylic acids is 1. The fourth-order valence-electron chi connectivity index (χ4n) is 2.47. The first-order valence-corrected chi connectivity index (χ1v) is 6.99. The van der Waals surface area contributed by atoms with Crippen LogP contribution >= 0.6 is 0 Å². The first kappa shape index (κ1) is 15.8. The quantitative estimate of drug-likeness (QED) is 0.671. The van der Waals surface area contributed by atoms with Crippen molar-refractivity contribution in [3.05, 3.63) is 64.7 Å². The summed E-state index contributed by atoms with van der Waals surface area (Å²) >= 11 is 0. The van der Waals surface area contributed by atoms with Crippen molar-refractivity contribution in [2.24, 2.45) is 0 Å². The van der Waals surface area contributed by atoms with Gasteiger partial charge in [0.05, 0.1) is 11.1 Å². The van der Waals surface area contributed by atoms with Gasteiger partial charge in [0.15, 0.2) is 5.78 Å². The summed E-state index contributed by atoms with van der Waals surface area (Å²) in [6, 6.07) is 11.7. The molecule has 0 radical (unpaired) electrons. The largest absolute Gasteiger partial charge is 0.478 e. The van der Waals surface area contributed by atoms with E-state index in [2.05, 4.69) is 0 Å². The van der Waals surface area contributed by atoms with Crippen molar-refractivity contribution in [2.75, 3.05) is 5.73 Å². The van der Waals surface area contributed by atoms with Crippen LogP contribution in [0.3, 0.4) is 0 Å². The third-order valence-electron chi connectivity index (χ3n) is 3.53. The monoisotopic (exact) mass is 297 g/mol. The van der Waals surface area contributed by atoms with Gasteiger partial charge in [0.1, 0.15) is 0 Å². The summed E-state index contributed by atoms with van der Waals surface area (Å²) in [5.41, 5.74) is 7.13. The lowest BCUT2D eigenvalue weighted by atomic mass is 9.81. The zero-order valence-electron chi connectivity index (χ0n) is 12.9. The molecule has 2 rings (SSSR count). The second-order valence-corrected chi connectivity index (χ2v) is 6.20. The minimum atomic E-state index is -1.16. The molecule has 2 aromatic carbocycles. The van der Waals surface area contributed by atoms with Gasteiger partial charge in [-0.3, -0.25) is 4.79 Å². The number of carboxylic acids is 1. The van der Waals surface area contributed by atoms with Crippen molar-refractivity contribution in [3.8, 4) is 0 Å². The van der Waals surface area contributed by atoms with Gasteiger partial charge in [-0.25, -0.2) is 4.79 Å². The van der Waals surface area contributed by atoms with Gasteiger partial charge in [-0.05, 0) is 23.1 Å². The lowest BCUT2D eigenvalue weighted by Crippen LogP contribution is -2.19. The molecule has 0 fully saturated rings. The molecule has 0 unspecified atom stereocenters. The predicted octanol–water partition coefficient (Wildman–Crippen LogP) is 3.50. The highest BCUT2D eigenvalue weighted by Gasteiger charge is 2.26. The van der Waals surface area contributed by atoms with E-state index in [0.717, 1.165) is 5.56 Å². The van der Waals surface area contributed by atoms with Crippen LogP contribution in [0.2, 0.25) is 0 Å². The number of nitrogens with two attached hydrogens (primary N) is 1. The molecule has 4 nitrogen and oxygen atoms in total. The molecule has 22 heavy (non-hydrogen) atoms. The summed E-state index contributed by atoms with van der Waals surface area (Å²) in [5, 5.41) is 9.31. The molecule has 0 atom stereocenters. The van der Waals surface area contributed by atoms with E-state index in [1.165, 1.54) is 12.1 Å². The van der Waals surface area contributed by atoms with E-state index in [0.29, 0.717) is 5.56 Å². The summed E-state index contributed by atoms with van der Waals surface area (Å²) in [5.74, 6) is -1.52. The Kier molecular flexibility index (Phi) is 4.04. The summed E-state index contributed by atoms with van der Waals surface area (Å²) in [6.45, 7) is 6.02. The van der Waals surface area contributed by atoms with Crippen LogP contribution in [0.25, 0.3) is 0 Å². The second-order valence-electron chi connectivity index (χ2n) is 6.20. The van der Waals surface area contributed by atoms with Gasteiger partial charge in [-0.2, -0.15) is 0 Å². The molecule has 4 heteroatoms. The van der Waals surface area contributed by atoms with E-state index in [4.69, 9.17) is 5.73 Å². The fourth-order valence-corrected chi connectivity index (χ4v) is 2.47. The van der Waals surface area contributed by atoms with Gasteiger partial charge >= 0.3 is 5.97 Å². The summed E-state index contributed by atoms with van der Waals surface area (Å²) in [6.07, 6.45) is 0. The molecule has 0 amide bonds. The zero-order chi connectivity index (χ0) is 16.5.